The molecule has 0 aromatic carbocycles. The van der Waals surface area contributed by atoms with E-state index in [-0.39, 0.29) is 17.9 Å². The van der Waals surface area contributed by atoms with Gasteiger partial charge in [-0.1, -0.05) is 0 Å². The summed E-state index contributed by atoms with van der Waals surface area (Å²) < 4.78 is 2.17. The zero-order valence-corrected chi connectivity index (χ0v) is 13.0. The second-order valence-corrected chi connectivity index (χ2v) is 5.92. The number of nitrogens with zero attached hydrogens (tertiary/aromatic N) is 2. The van der Waals surface area contributed by atoms with Crippen molar-refractivity contribution in [2.45, 2.75) is 53.2 Å². The van der Waals surface area contributed by atoms with Crippen LogP contribution in [0.4, 0.5) is 0 Å². The van der Waals surface area contributed by atoms with Crippen LogP contribution >= 0.6 is 0 Å². The summed E-state index contributed by atoms with van der Waals surface area (Å²) in [5.74, 6) is 0.325. The Bertz CT molecular complexity index is 491. The van der Waals surface area contributed by atoms with E-state index in [1.54, 1.807) is 0 Å². The van der Waals surface area contributed by atoms with Gasteiger partial charge in [-0.05, 0) is 46.6 Å². The van der Waals surface area contributed by atoms with Gasteiger partial charge >= 0.3 is 0 Å². The molecule has 1 saturated heterocycles. The maximum absolute atomic E-state index is 12.7. The van der Waals surface area contributed by atoms with Gasteiger partial charge in [0.25, 0.3) is 5.91 Å². The highest BCUT2D eigenvalue weighted by Crippen LogP contribution is 2.23. The Morgan fingerprint density at radius 2 is 2.20 bits per heavy atom. The second-order valence-electron chi connectivity index (χ2n) is 5.92. The lowest BCUT2D eigenvalue weighted by molar-refractivity contribution is 0.0465. The summed E-state index contributed by atoms with van der Waals surface area (Å²) in [4.78, 5) is 14.6. The Balaban J connectivity index is 2.19. The summed E-state index contributed by atoms with van der Waals surface area (Å²) in [6.45, 7) is 10.3. The molecule has 1 aromatic rings. The number of aromatic nitrogens is 1. The van der Waals surface area contributed by atoms with Gasteiger partial charge in [0.1, 0.15) is 0 Å². The van der Waals surface area contributed by atoms with E-state index < -0.39 is 0 Å². The van der Waals surface area contributed by atoms with Crippen LogP contribution in [0.15, 0.2) is 6.07 Å². The predicted octanol–water partition coefficient (Wildman–Crippen LogP) is 2.36. The highest BCUT2D eigenvalue weighted by Gasteiger charge is 2.28. The van der Waals surface area contributed by atoms with Crippen LogP contribution in [0.1, 0.15) is 48.4 Å². The van der Waals surface area contributed by atoms with Crippen LogP contribution in [-0.4, -0.2) is 39.7 Å². The molecule has 2 heterocycles. The molecule has 1 fully saturated rings. The van der Waals surface area contributed by atoms with Gasteiger partial charge in [-0.15, -0.1) is 0 Å². The second kappa shape index (κ2) is 6.00. The maximum atomic E-state index is 12.7. The smallest absolute Gasteiger partial charge is 0.255 e. The first-order chi connectivity index (χ1) is 9.45. The number of aliphatic hydroxyl groups is 1. The normalized spacial score (nSPS) is 21.1. The molecule has 2 rings (SSSR count). The minimum absolute atomic E-state index is 0.114. The largest absolute Gasteiger partial charge is 0.393 e. The van der Waals surface area contributed by atoms with Crippen LogP contribution in [0, 0.1) is 19.8 Å². The number of hydrogen-bond donors (Lipinski definition) is 1. The Labute approximate surface area is 121 Å². The monoisotopic (exact) mass is 278 g/mol. The first kappa shape index (κ1) is 15.1. The molecule has 20 heavy (non-hydrogen) atoms. The van der Waals surface area contributed by atoms with Crippen molar-refractivity contribution < 1.29 is 9.90 Å². The molecular weight excluding hydrogens is 252 g/mol. The molecule has 2 atom stereocenters. The first-order valence-electron chi connectivity index (χ1n) is 7.59. The number of hydrogen-bond acceptors (Lipinski definition) is 2. The van der Waals surface area contributed by atoms with Crippen LogP contribution < -0.4 is 0 Å². The van der Waals surface area contributed by atoms with Gasteiger partial charge in [0, 0.05) is 36.9 Å². The quantitative estimate of drug-likeness (QED) is 0.922. The Kier molecular flexibility index (Phi) is 4.53. The van der Waals surface area contributed by atoms with E-state index >= 15 is 0 Å². The molecule has 0 aliphatic carbocycles. The zero-order chi connectivity index (χ0) is 14.9. The molecule has 0 radical (unpaired) electrons. The summed E-state index contributed by atoms with van der Waals surface area (Å²) in [6.07, 6.45) is 1.65. The number of carbonyl (C=O) groups excluding carboxylic acids is 1. The van der Waals surface area contributed by atoms with Crippen LogP contribution in [0.5, 0.6) is 0 Å². The molecule has 1 aliphatic heterocycles. The van der Waals surface area contributed by atoms with E-state index in [0.29, 0.717) is 6.54 Å². The standard InChI is InChI=1S/C16H26N2O2/c1-5-18-11(2)9-15(12(18)3)16(20)17-8-6-7-14(10-17)13(4)19/h9,13-14,19H,5-8,10H2,1-4H3. The van der Waals surface area contributed by atoms with Gasteiger partial charge in [-0.3, -0.25) is 4.79 Å². The van der Waals surface area contributed by atoms with Crippen molar-refractivity contribution in [1.29, 1.82) is 0 Å². The van der Waals surface area contributed by atoms with Gasteiger partial charge in [0.05, 0.1) is 11.7 Å². The maximum Gasteiger partial charge on any atom is 0.255 e. The Morgan fingerprint density at radius 1 is 1.50 bits per heavy atom. The van der Waals surface area contributed by atoms with Crippen molar-refractivity contribution >= 4 is 5.91 Å². The molecule has 1 N–H and O–H groups in total. The molecular formula is C16H26N2O2. The molecule has 0 spiro atoms. The lowest BCUT2D eigenvalue weighted by Crippen LogP contribution is -2.43. The minimum Gasteiger partial charge on any atom is -0.393 e. The van der Waals surface area contributed by atoms with Gasteiger partial charge in [-0.2, -0.15) is 0 Å². The molecule has 1 aliphatic rings. The lowest BCUT2D eigenvalue weighted by Gasteiger charge is -2.34. The van der Waals surface area contributed by atoms with Crippen LogP contribution in [-0.2, 0) is 6.54 Å². The minimum atomic E-state index is -0.339. The number of likely N-dealkylation sites (tertiary alicyclic amines) is 1. The number of piperidine rings is 1. The van der Waals surface area contributed by atoms with Crippen molar-refractivity contribution in [1.82, 2.24) is 9.47 Å². The van der Waals surface area contributed by atoms with E-state index in [9.17, 15) is 9.90 Å². The van der Waals surface area contributed by atoms with Crippen molar-refractivity contribution in [2.24, 2.45) is 5.92 Å². The number of carbonyl (C=O) groups is 1. The number of rotatable bonds is 3. The number of aliphatic hydroxyl groups excluding tert-OH is 1. The Hall–Kier alpha value is -1.29. The molecule has 0 bridgehead atoms. The van der Waals surface area contributed by atoms with Crippen LogP contribution in [0.3, 0.4) is 0 Å². The zero-order valence-electron chi connectivity index (χ0n) is 13.0. The summed E-state index contributed by atoms with van der Waals surface area (Å²) >= 11 is 0. The van der Waals surface area contributed by atoms with Crippen LogP contribution in [0.2, 0.25) is 0 Å². The fourth-order valence-electron chi connectivity index (χ4n) is 3.26. The third-order valence-electron chi connectivity index (χ3n) is 4.55. The molecule has 4 heteroatoms. The van der Waals surface area contributed by atoms with Crippen LogP contribution in [0.25, 0.3) is 0 Å². The van der Waals surface area contributed by atoms with Gasteiger partial charge < -0.3 is 14.6 Å². The molecule has 4 nitrogen and oxygen atoms in total. The SMILES string of the molecule is CCn1c(C)cc(C(=O)N2CCCC(C(C)O)C2)c1C. The highest BCUT2D eigenvalue weighted by molar-refractivity contribution is 5.95. The number of aryl methyl sites for hydroxylation is 1. The summed E-state index contributed by atoms with van der Waals surface area (Å²) in [7, 11) is 0. The summed E-state index contributed by atoms with van der Waals surface area (Å²) in [5, 5.41) is 9.75. The van der Waals surface area contributed by atoms with E-state index in [1.165, 1.54) is 0 Å². The van der Waals surface area contributed by atoms with E-state index in [1.807, 2.05) is 31.7 Å². The topological polar surface area (TPSA) is 45.5 Å². The van der Waals surface area contributed by atoms with E-state index in [0.717, 1.165) is 42.9 Å². The molecule has 1 amide bonds. The van der Waals surface area contributed by atoms with Crippen molar-refractivity contribution in [3.8, 4) is 0 Å². The third-order valence-corrected chi connectivity index (χ3v) is 4.55. The van der Waals surface area contributed by atoms with Crippen molar-refractivity contribution in [2.75, 3.05) is 13.1 Å². The molecule has 112 valence electrons. The fraction of sp³-hybridized carbons (Fsp3) is 0.688. The number of amides is 1. The highest BCUT2D eigenvalue weighted by atomic mass is 16.3. The van der Waals surface area contributed by atoms with Crippen molar-refractivity contribution in [3.63, 3.8) is 0 Å². The van der Waals surface area contributed by atoms with Gasteiger partial charge in [-0.25, -0.2) is 0 Å². The predicted molar refractivity (Wildman–Crippen MR) is 79.9 cm³/mol. The average Bonchev–Trinajstić information content (AvgIpc) is 2.72. The average molecular weight is 278 g/mol. The third kappa shape index (κ3) is 2.75. The molecule has 0 saturated carbocycles. The van der Waals surface area contributed by atoms with Gasteiger partial charge in [0.2, 0.25) is 0 Å². The van der Waals surface area contributed by atoms with Gasteiger partial charge in [0.15, 0.2) is 0 Å². The van der Waals surface area contributed by atoms with E-state index in [2.05, 4.69) is 11.5 Å². The molecule has 1 aromatic heterocycles. The summed E-state index contributed by atoms with van der Waals surface area (Å²) in [6, 6.07) is 1.99. The summed E-state index contributed by atoms with van der Waals surface area (Å²) in [5.41, 5.74) is 3.00. The molecule has 2 unspecified atom stereocenters. The van der Waals surface area contributed by atoms with E-state index in [4.69, 9.17) is 0 Å². The van der Waals surface area contributed by atoms with Crippen molar-refractivity contribution in [3.05, 3.63) is 23.0 Å². The first-order valence-corrected chi connectivity index (χ1v) is 7.59. The lowest BCUT2D eigenvalue weighted by atomic mass is 9.93. The Morgan fingerprint density at radius 3 is 2.75 bits per heavy atom. The fourth-order valence-corrected chi connectivity index (χ4v) is 3.26.